The molecule has 0 unspecified atom stereocenters. The van der Waals surface area contributed by atoms with Crippen LogP contribution in [0.2, 0.25) is 0 Å². The van der Waals surface area contributed by atoms with E-state index in [-0.39, 0.29) is 24.0 Å². The Labute approximate surface area is 197 Å². The molecule has 0 atom stereocenters. The monoisotopic (exact) mass is 525 g/mol. The van der Waals surface area contributed by atoms with E-state index in [4.69, 9.17) is 0 Å². The molecule has 3 rings (SSSR count). The zero-order chi connectivity index (χ0) is 20.3. The minimum Gasteiger partial charge on any atom is -0.369 e. The average molecular weight is 525 g/mol. The smallest absolute Gasteiger partial charge is 0.191 e. The molecule has 1 fully saturated rings. The van der Waals surface area contributed by atoms with Crippen molar-refractivity contribution < 1.29 is 0 Å². The molecule has 0 radical (unpaired) electrons. The van der Waals surface area contributed by atoms with Gasteiger partial charge in [0.25, 0.3) is 0 Å². The molecule has 166 valence electrons. The number of nitrogens with one attached hydrogen (secondary N) is 2. The van der Waals surface area contributed by atoms with E-state index in [1.807, 2.05) is 24.0 Å². The number of unbranched alkanes of at least 4 members (excludes halogenated alkanes) is 1. The summed E-state index contributed by atoms with van der Waals surface area (Å²) in [5.74, 6) is 0.880. The third-order valence-electron chi connectivity index (χ3n) is 5.35. The zero-order valence-electron chi connectivity index (χ0n) is 18.3. The molecule has 2 N–H and O–H groups in total. The molecule has 0 saturated carbocycles. The maximum absolute atomic E-state index is 4.66. The van der Waals surface area contributed by atoms with Crippen molar-refractivity contribution >= 4 is 35.6 Å². The lowest BCUT2D eigenvalue weighted by molar-refractivity contribution is 0.253. The van der Waals surface area contributed by atoms with Crippen LogP contribution in [-0.2, 0) is 13.6 Å². The third kappa shape index (κ3) is 7.79. The number of benzene rings is 1. The van der Waals surface area contributed by atoms with Crippen LogP contribution in [0.25, 0.3) is 0 Å². The molecule has 1 aliphatic rings. The Morgan fingerprint density at radius 3 is 2.47 bits per heavy atom. The maximum Gasteiger partial charge on any atom is 0.191 e. The largest absolute Gasteiger partial charge is 0.369 e. The summed E-state index contributed by atoms with van der Waals surface area (Å²) in [4.78, 5) is 9.73. The minimum atomic E-state index is 0. The quantitative estimate of drug-likeness (QED) is 0.228. The maximum atomic E-state index is 4.66. The molecular formula is C22H36IN7. The first-order valence-electron chi connectivity index (χ1n) is 10.8. The molecule has 0 bridgehead atoms. The van der Waals surface area contributed by atoms with E-state index >= 15 is 0 Å². The molecule has 0 amide bonds. The van der Waals surface area contributed by atoms with E-state index in [0.29, 0.717) is 6.54 Å². The Bertz CT molecular complexity index is 739. The molecule has 7 nitrogen and oxygen atoms in total. The Hall–Kier alpha value is -1.81. The molecule has 30 heavy (non-hydrogen) atoms. The molecule has 0 spiro atoms. The van der Waals surface area contributed by atoms with Crippen LogP contribution in [0.1, 0.15) is 25.5 Å². The number of para-hydroxylation sites is 1. The summed E-state index contributed by atoms with van der Waals surface area (Å²) < 4.78 is 1.87. The molecule has 1 aliphatic heterocycles. The number of aromatic nitrogens is 2. The van der Waals surface area contributed by atoms with Gasteiger partial charge in [-0.3, -0.25) is 9.58 Å². The second-order valence-electron chi connectivity index (χ2n) is 7.44. The van der Waals surface area contributed by atoms with E-state index in [2.05, 4.69) is 67.8 Å². The number of aliphatic imine (C=N–C) groups is 1. The van der Waals surface area contributed by atoms with Crippen LogP contribution in [0.15, 0.2) is 47.6 Å². The molecule has 2 heterocycles. The number of aryl methyl sites for hydroxylation is 1. The summed E-state index contributed by atoms with van der Waals surface area (Å²) in [5, 5.41) is 11.0. The molecule has 0 aliphatic carbocycles. The van der Waals surface area contributed by atoms with Crippen molar-refractivity contribution in [2.75, 3.05) is 50.7 Å². The van der Waals surface area contributed by atoms with E-state index in [1.165, 1.54) is 18.7 Å². The van der Waals surface area contributed by atoms with Crippen molar-refractivity contribution in [3.05, 3.63) is 48.3 Å². The molecule has 2 aromatic rings. The lowest BCUT2D eigenvalue weighted by Gasteiger charge is -2.36. The number of hydrogen-bond donors (Lipinski definition) is 2. The van der Waals surface area contributed by atoms with Gasteiger partial charge in [0.05, 0.1) is 12.2 Å². The van der Waals surface area contributed by atoms with E-state index < -0.39 is 0 Å². The van der Waals surface area contributed by atoms with Crippen molar-refractivity contribution in [3.63, 3.8) is 0 Å². The minimum absolute atomic E-state index is 0. The summed E-state index contributed by atoms with van der Waals surface area (Å²) in [5.41, 5.74) is 2.45. The van der Waals surface area contributed by atoms with Crippen molar-refractivity contribution in [2.24, 2.45) is 12.0 Å². The van der Waals surface area contributed by atoms with Gasteiger partial charge in [-0.25, -0.2) is 4.99 Å². The first-order valence-corrected chi connectivity index (χ1v) is 10.8. The fourth-order valence-corrected chi connectivity index (χ4v) is 3.59. The highest BCUT2D eigenvalue weighted by molar-refractivity contribution is 14.0. The number of nitrogens with zero attached hydrogens (tertiary/aromatic N) is 5. The number of piperazine rings is 1. The van der Waals surface area contributed by atoms with Gasteiger partial charge >= 0.3 is 0 Å². The fraction of sp³-hybridized carbons (Fsp3) is 0.545. The van der Waals surface area contributed by atoms with Crippen LogP contribution in [0.3, 0.4) is 0 Å². The summed E-state index contributed by atoms with van der Waals surface area (Å²) >= 11 is 0. The van der Waals surface area contributed by atoms with Gasteiger partial charge in [-0.2, -0.15) is 5.10 Å². The average Bonchev–Trinajstić information content (AvgIpc) is 3.17. The van der Waals surface area contributed by atoms with Gasteiger partial charge in [-0.15, -0.1) is 24.0 Å². The van der Waals surface area contributed by atoms with Crippen molar-refractivity contribution in [3.8, 4) is 0 Å². The Morgan fingerprint density at radius 2 is 1.80 bits per heavy atom. The van der Waals surface area contributed by atoms with Crippen molar-refractivity contribution in [1.82, 2.24) is 25.3 Å². The van der Waals surface area contributed by atoms with Gasteiger partial charge in [0.15, 0.2) is 5.96 Å². The third-order valence-corrected chi connectivity index (χ3v) is 5.35. The Balaban J connectivity index is 0.00000320. The number of rotatable bonds is 9. The standard InChI is InChI=1S/C22H35N7.HI/c1-3-23-22(25-19-21-11-13-26-27(21)2)24-12-7-8-14-28-15-17-29(18-16-28)20-9-5-4-6-10-20;/h4-6,9-11,13H,3,7-8,12,14-19H2,1-2H3,(H2,23,24,25);1H. The molecule has 1 aromatic carbocycles. The highest BCUT2D eigenvalue weighted by atomic mass is 127. The topological polar surface area (TPSA) is 60.7 Å². The number of hydrogen-bond acceptors (Lipinski definition) is 4. The highest BCUT2D eigenvalue weighted by Gasteiger charge is 2.16. The predicted octanol–water partition coefficient (Wildman–Crippen LogP) is 2.70. The van der Waals surface area contributed by atoms with Crippen molar-refractivity contribution in [1.29, 1.82) is 0 Å². The normalized spacial score (nSPS) is 15.0. The summed E-state index contributed by atoms with van der Waals surface area (Å²) in [6.45, 7) is 10.3. The molecule has 1 aromatic heterocycles. The van der Waals surface area contributed by atoms with Gasteiger partial charge in [-0.05, 0) is 44.5 Å². The molecular weight excluding hydrogens is 489 g/mol. The van der Waals surface area contributed by atoms with Crippen LogP contribution in [0, 0.1) is 0 Å². The van der Waals surface area contributed by atoms with E-state index in [1.54, 1.807) is 0 Å². The number of halogens is 1. The van der Waals surface area contributed by atoms with E-state index in [9.17, 15) is 0 Å². The van der Waals surface area contributed by atoms with Gasteiger partial charge in [0, 0.05) is 58.2 Å². The fourth-order valence-electron chi connectivity index (χ4n) is 3.59. The van der Waals surface area contributed by atoms with Crippen LogP contribution < -0.4 is 15.5 Å². The first kappa shape index (κ1) is 24.5. The number of guanidine groups is 1. The van der Waals surface area contributed by atoms with E-state index in [0.717, 1.165) is 57.3 Å². The lowest BCUT2D eigenvalue weighted by Crippen LogP contribution is -2.46. The predicted molar refractivity (Wildman–Crippen MR) is 136 cm³/mol. The first-order chi connectivity index (χ1) is 14.3. The van der Waals surface area contributed by atoms with Crippen LogP contribution in [0.5, 0.6) is 0 Å². The summed E-state index contributed by atoms with van der Waals surface area (Å²) in [7, 11) is 1.95. The van der Waals surface area contributed by atoms with Crippen molar-refractivity contribution in [2.45, 2.75) is 26.3 Å². The zero-order valence-corrected chi connectivity index (χ0v) is 20.6. The lowest BCUT2D eigenvalue weighted by atomic mass is 10.2. The number of anilines is 1. The van der Waals surface area contributed by atoms with Crippen LogP contribution in [-0.4, -0.2) is 66.5 Å². The van der Waals surface area contributed by atoms with Gasteiger partial charge in [-0.1, -0.05) is 18.2 Å². The summed E-state index contributed by atoms with van der Waals surface area (Å²) in [6, 6.07) is 12.7. The van der Waals surface area contributed by atoms with Crippen LogP contribution >= 0.6 is 24.0 Å². The Morgan fingerprint density at radius 1 is 1.03 bits per heavy atom. The van der Waals surface area contributed by atoms with Gasteiger partial charge in [0.1, 0.15) is 0 Å². The summed E-state index contributed by atoms with van der Waals surface area (Å²) in [6.07, 6.45) is 4.17. The second-order valence-corrected chi connectivity index (χ2v) is 7.44. The SMILES string of the molecule is CCNC(=NCc1ccnn1C)NCCCCN1CCN(c2ccccc2)CC1.I. The van der Waals surface area contributed by atoms with Crippen LogP contribution in [0.4, 0.5) is 5.69 Å². The second kappa shape index (κ2) is 13.5. The Kier molecular flexibility index (Phi) is 11.0. The molecule has 1 saturated heterocycles. The highest BCUT2D eigenvalue weighted by Crippen LogP contribution is 2.15. The van der Waals surface area contributed by atoms with Gasteiger partial charge < -0.3 is 15.5 Å². The molecule has 8 heteroatoms. The van der Waals surface area contributed by atoms with Gasteiger partial charge in [0.2, 0.25) is 0 Å².